The van der Waals surface area contributed by atoms with Gasteiger partial charge < -0.3 is 9.47 Å². The molecule has 0 amide bonds. The highest BCUT2D eigenvalue weighted by Gasteiger charge is 2.33. The maximum Gasteiger partial charge on any atom is 0.338 e. The number of halogens is 1. The minimum absolute atomic E-state index is 0.227. The van der Waals surface area contributed by atoms with E-state index >= 15 is 0 Å². The fraction of sp³-hybridized carbons (Fsp3) is 0.171. The number of fused-ring (bicyclic) bond motifs is 2. The standard InChI is InChI=1S/C35H29BrN2O4S/c1-4-41-34(40)31-22(3)37-35-38(32(31)24-14-12-21(2)13-15-24)33(39)30(43-35)19-26-18-27(36)16-17-29(26)42-20-25-10-7-9-23-8-5-6-11-28(23)25/h5-19,32H,4,20H2,1-3H3/b30-19+/t32-/m1/s1. The summed E-state index contributed by atoms with van der Waals surface area (Å²) in [5, 5.41) is 2.29. The van der Waals surface area contributed by atoms with Gasteiger partial charge in [-0.2, -0.15) is 0 Å². The van der Waals surface area contributed by atoms with E-state index < -0.39 is 12.0 Å². The Morgan fingerprint density at radius 3 is 2.58 bits per heavy atom. The molecule has 0 fully saturated rings. The van der Waals surface area contributed by atoms with Crippen LogP contribution in [0.15, 0.2) is 110 Å². The summed E-state index contributed by atoms with van der Waals surface area (Å²) in [7, 11) is 0. The molecule has 1 aromatic heterocycles. The van der Waals surface area contributed by atoms with Crippen molar-refractivity contribution in [2.75, 3.05) is 6.61 Å². The predicted octanol–water partition coefficient (Wildman–Crippen LogP) is 6.60. The van der Waals surface area contributed by atoms with Crippen LogP contribution in [0.4, 0.5) is 0 Å². The van der Waals surface area contributed by atoms with Crippen LogP contribution in [-0.2, 0) is 16.1 Å². The number of hydrogen-bond acceptors (Lipinski definition) is 6. The van der Waals surface area contributed by atoms with E-state index in [1.807, 2.05) is 73.7 Å². The molecule has 1 aliphatic heterocycles. The van der Waals surface area contributed by atoms with Gasteiger partial charge in [0.1, 0.15) is 12.4 Å². The fourth-order valence-electron chi connectivity index (χ4n) is 5.33. The second kappa shape index (κ2) is 12.1. The molecule has 216 valence electrons. The molecule has 6 rings (SSSR count). The zero-order valence-electron chi connectivity index (χ0n) is 24.0. The van der Waals surface area contributed by atoms with Crippen molar-refractivity contribution in [3.05, 3.63) is 143 Å². The molecular weight excluding hydrogens is 624 g/mol. The summed E-state index contributed by atoms with van der Waals surface area (Å²) < 4.78 is 14.7. The number of carbonyl (C=O) groups is 1. The summed E-state index contributed by atoms with van der Waals surface area (Å²) in [6.07, 6.45) is 1.84. The zero-order valence-corrected chi connectivity index (χ0v) is 26.4. The molecule has 0 aliphatic carbocycles. The number of esters is 1. The van der Waals surface area contributed by atoms with E-state index in [9.17, 15) is 9.59 Å². The Kier molecular flexibility index (Phi) is 8.15. The van der Waals surface area contributed by atoms with Crippen LogP contribution >= 0.6 is 27.3 Å². The molecule has 0 saturated carbocycles. The van der Waals surface area contributed by atoms with Crippen LogP contribution in [0.25, 0.3) is 16.8 Å². The van der Waals surface area contributed by atoms with Crippen molar-refractivity contribution in [1.82, 2.24) is 4.57 Å². The lowest BCUT2D eigenvalue weighted by Crippen LogP contribution is -2.39. The minimum Gasteiger partial charge on any atom is -0.488 e. The Balaban J connectivity index is 1.44. The quantitative estimate of drug-likeness (QED) is 0.186. The van der Waals surface area contributed by atoms with Crippen molar-refractivity contribution < 1.29 is 14.3 Å². The second-order valence-corrected chi connectivity index (χ2v) is 12.2. The van der Waals surface area contributed by atoms with Crippen molar-refractivity contribution in [2.24, 2.45) is 4.99 Å². The first-order chi connectivity index (χ1) is 20.8. The third kappa shape index (κ3) is 5.72. The van der Waals surface area contributed by atoms with E-state index in [0.717, 1.165) is 37.5 Å². The van der Waals surface area contributed by atoms with Crippen molar-refractivity contribution in [2.45, 2.75) is 33.4 Å². The highest BCUT2D eigenvalue weighted by atomic mass is 79.9. The monoisotopic (exact) mass is 652 g/mol. The van der Waals surface area contributed by atoms with Crippen molar-refractivity contribution in [3.8, 4) is 5.75 Å². The summed E-state index contributed by atoms with van der Waals surface area (Å²) in [5.74, 6) is 0.181. The third-order valence-electron chi connectivity index (χ3n) is 7.43. The van der Waals surface area contributed by atoms with Gasteiger partial charge in [-0.3, -0.25) is 9.36 Å². The number of benzene rings is 4. The molecule has 5 aromatic rings. The average molecular weight is 654 g/mol. The van der Waals surface area contributed by atoms with Crippen molar-refractivity contribution in [1.29, 1.82) is 0 Å². The van der Waals surface area contributed by atoms with Gasteiger partial charge in [0.05, 0.1) is 28.5 Å². The van der Waals surface area contributed by atoms with Crippen molar-refractivity contribution in [3.63, 3.8) is 0 Å². The number of rotatable bonds is 7. The molecule has 2 heterocycles. The molecule has 4 aromatic carbocycles. The Bertz CT molecular complexity index is 2070. The van der Waals surface area contributed by atoms with Gasteiger partial charge in [-0.1, -0.05) is 99.6 Å². The summed E-state index contributed by atoms with van der Waals surface area (Å²) in [5.41, 5.74) is 4.41. The summed E-state index contributed by atoms with van der Waals surface area (Å²) >= 11 is 4.87. The topological polar surface area (TPSA) is 69.9 Å². The van der Waals surface area contributed by atoms with E-state index in [-0.39, 0.29) is 12.2 Å². The first-order valence-corrected chi connectivity index (χ1v) is 15.6. The number of allylic oxidation sites excluding steroid dienone is 1. The Hall–Kier alpha value is -4.27. The summed E-state index contributed by atoms with van der Waals surface area (Å²) in [6.45, 7) is 6.16. The molecule has 0 spiro atoms. The number of ether oxygens (including phenoxy) is 2. The third-order valence-corrected chi connectivity index (χ3v) is 8.91. The molecule has 0 saturated heterocycles. The van der Waals surface area contributed by atoms with Gasteiger partial charge in [0.25, 0.3) is 5.56 Å². The molecule has 0 bridgehead atoms. The summed E-state index contributed by atoms with van der Waals surface area (Å²) in [4.78, 5) is 32.4. The maximum atomic E-state index is 14.1. The van der Waals surface area contributed by atoms with Gasteiger partial charge >= 0.3 is 5.97 Å². The predicted molar refractivity (Wildman–Crippen MR) is 174 cm³/mol. The van der Waals surface area contributed by atoms with Crippen LogP contribution in [0, 0.1) is 6.92 Å². The van der Waals surface area contributed by atoms with Crippen LogP contribution in [-0.4, -0.2) is 17.1 Å². The van der Waals surface area contributed by atoms with Gasteiger partial charge in [0.15, 0.2) is 4.80 Å². The highest BCUT2D eigenvalue weighted by molar-refractivity contribution is 9.10. The number of nitrogens with zero attached hydrogens (tertiary/aromatic N) is 2. The molecular formula is C35H29BrN2O4S. The Morgan fingerprint density at radius 1 is 1.02 bits per heavy atom. The molecule has 43 heavy (non-hydrogen) atoms. The minimum atomic E-state index is -0.650. The Labute approximate surface area is 261 Å². The SMILES string of the molecule is CCOC(=O)C1=C(C)N=c2s/c(=C/c3cc(Br)ccc3OCc3cccc4ccccc34)c(=O)n2[C@@H]1c1ccc(C)cc1. The largest absolute Gasteiger partial charge is 0.488 e. The molecule has 0 radical (unpaired) electrons. The molecule has 0 N–H and O–H groups in total. The van der Waals surface area contributed by atoms with E-state index in [2.05, 4.69) is 40.2 Å². The molecule has 0 unspecified atom stereocenters. The molecule has 6 nitrogen and oxygen atoms in total. The lowest BCUT2D eigenvalue weighted by molar-refractivity contribution is -0.139. The zero-order chi connectivity index (χ0) is 30.1. The van der Waals surface area contributed by atoms with E-state index in [1.54, 1.807) is 18.4 Å². The first kappa shape index (κ1) is 28.8. The van der Waals surface area contributed by atoms with Gasteiger partial charge in [-0.25, -0.2) is 9.79 Å². The average Bonchev–Trinajstić information content (AvgIpc) is 3.30. The normalized spacial score (nSPS) is 14.9. The van der Waals surface area contributed by atoms with E-state index in [1.165, 1.54) is 11.3 Å². The number of thiazole rings is 1. The van der Waals surface area contributed by atoms with Crippen molar-refractivity contribution >= 4 is 50.1 Å². The van der Waals surface area contributed by atoms with E-state index in [0.29, 0.717) is 33.0 Å². The molecule has 8 heteroatoms. The number of hydrogen-bond donors (Lipinski definition) is 0. The molecule has 1 atom stereocenters. The number of aromatic nitrogens is 1. The number of aryl methyl sites for hydroxylation is 1. The second-order valence-electron chi connectivity index (χ2n) is 10.3. The van der Waals surface area contributed by atoms with Gasteiger partial charge in [0.2, 0.25) is 0 Å². The van der Waals surface area contributed by atoms with Crippen LogP contribution in [0.2, 0.25) is 0 Å². The lowest BCUT2D eigenvalue weighted by atomic mass is 9.95. The smallest absolute Gasteiger partial charge is 0.338 e. The van der Waals surface area contributed by atoms with Gasteiger partial charge in [-0.15, -0.1) is 0 Å². The van der Waals surface area contributed by atoms with E-state index in [4.69, 9.17) is 14.5 Å². The van der Waals surface area contributed by atoms with Gasteiger partial charge in [0, 0.05) is 10.0 Å². The van der Waals surface area contributed by atoms with Gasteiger partial charge in [-0.05, 0) is 66.9 Å². The first-order valence-electron chi connectivity index (χ1n) is 14.0. The lowest BCUT2D eigenvalue weighted by Gasteiger charge is -2.24. The highest BCUT2D eigenvalue weighted by Crippen LogP contribution is 2.31. The van der Waals surface area contributed by atoms with Crippen LogP contribution < -0.4 is 19.6 Å². The van der Waals surface area contributed by atoms with Crippen LogP contribution in [0.3, 0.4) is 0 Å². The molecule has 1 aliphatic rings. The number of carbonyl (C=O) groups excluding carboxylic acids is 1. The maximum absolute atomic E-state index is 14.1. The van der Waals surface area contributed by atoms with Crippen LogP contribution in [0.5, 0.6) is 5.75 Å². The Morgan fingerprint density at radius 2 is 1.79 bits per heavy atom. The fourth-order valence-corrected chi connectivity index (χ4v) is 6.75. The summed E-state index contributed by atoms with van der Waals surface area (Å²) in [6, 6.07) is 27.4. The van der Waals surface area contributed by atoms with Crippen LogP contribution in [0.1, 0.15) is 42.1 Å².